The van der Waals surface area contributed by atoms with Gasteiger partial charge in [0.25, 0.3) is 0 Å². The van der Waals surface area contributed by atoms with Crippen LogP contribution in [0.15, 0.2) is 35.1 Å². The second-order valence-electron chi connectivity index (χ2n) is 4.11. The van der Waals surface area contributed by atoms with Gasteiger partial charge in [-0.15, -0.1) is 0 Å². The molecule has 0 heterocycles. The van der Waals surface area contributed by atoms with Crippen LogP contribution in [0.3, 0.4) is 0 Å². The third-order valence-corrected chi connectivity index (χ3v) is 1.82. The molecule has 0 spiro atoms. The fourth-order valence-electron chi connectivity index (χ4n) is 0.657. The highest BCUT2D eigenvalue weighted by molar-refractivity contribution is 9.11. The molecular weight excluding hydrogens is 226 g/mol. The molecule has 0 fully saturated rings. The van der Waals surface area contributed by atoms with Gasteiger partial charge in [-0.25, -0.2) is 0 Å². The van der Waals surface area contributed by atoms with Gasteiger partial charge in [0.1, 0.15) is 0 Å². The Morgan fingerprint density at radius 1 is 1.31 bits per heavy atom. The molecule has 74 valence electrons. The molecule has 0 aromatic heterocycles. The van der Waals surface area contributed by atoms with Gasteiger partial charge in [0, 0.05) is 16.8 Å². The molecule has 0 saturated carbocycles. The zero-order valence-electron chi connectivity index (χ0n) is 8.87. The Morgan fingerprint density at radius 3 is 2.08 bits per heavy atom. The first kappa shape index (κ1) is 12.5. The third-order valence-electron chi connectivity index (χ3n) is 1.59. The lowest BCUT2D eigenvalue weighted by molar-refractivity contribution is 0.478. The van der Waals surface area contributed by atoms with Gasteiger partial charge >= 0.3 is 0 Å². The fourth-order valence-corrected chi connectivity index (χ4v) is 0.934. The Labute approximate surface area is 89.7 Å². The molecule has 0 saturated heterocycles. The zero-order chi connectivity index (χ0) is 10.6. The van der Waals surface area contributed by atoms with Crippen molar-refractivity contribution in [2.75, 3.05) is 0 Å². The van der Waals surface area contributed by atoms with Gasteiger partial charge in [0.15, 0.2) is 0 Å². The van der Waals surface area contributed by atoms with Gasteiger partial charge in [0.2, 0.25) is 0 Å². The number of halogens is 1. The highest BCUT2D eigenvalue weighted by atomic mass is 79.9. The predicted octanol–water partition coefficient (Wildman–Crippen LogP) is 3.95. The SMILES string of the molecule is C=C(/C=C(\C)Br)NC(=C)C(C)(C)C. The molecule has 1 nitrogen and oxygen atoms in total. The summed E-state index contributed by atoms with van der Waals surface area (Å²) in [4.78, 5) is 0. The summed E-state index contributed by atoms with van der Waals surface area (Å²) in [5.41, 5.74) is 1.90. The van der Waals surface area contributed by atoms with E-state index in [1.54, 1.807) is 0 Å². The van der Waals surface area contributed by atoms with Crippen molar-refractivity contribution in [3.63, 3.8) is 0 Å². The molecule has 1 N–H and O–H groups in total. The van der Waals surface area contributed by atoms with Crippen LogP contribution in [0.2, 0.25) is 0 Å². The van der Waals surface area contributed by atoms with Crippen LogP contribution in [0.5, 0.6) is 0 Å². The van der Waals surface area contributed by atoms with Gasteiger partial charge in [-0.3, -0.25) is 0 Å². The Kier molecular flexibility index (Phi) is 4.48. The van der Waals surface area contributed by atoms with Gasteiger partial charge in [-0.05, 0) is 17.5 Å². The molecule has 0 unspecified atom stereocenters. The molecule has 0 amide bonds. The summed E-state index contributed by atoms with van der Waals surface area (Å²) in [7, 11) is 0. The summed E-state index contributed by atoms with van der Waals surface area (Å²) in [6.07, 6.45) is 1.93. The standard InChI is InChI=1S/C11H18BrN/c1-8(12)7-9(2)13-10(3)11(4,5)6/h7,13H,2-3H2,1,4-6H3/b8-7+. The lowest BCUT2D eigenvalue weighted by atomic mass is 9.93. The average Bonchev–Trinajstić information content (AvgIpc) is 1.82. The van der Waals surface area contributed by atoms with Crippen LogP contribution in [0.1, 0.15) is 27.7 Å². The minimum absolute atomic E-state index is 0.0665. The number of hydrogen-bond donors (Lipinski definition) is 1. The van der Waals surface area contributed by atoms with Crippen LogP contribution in [-0.4, -0.2) is 0 Å². The van der Waals surface area contributed by atoms with Gasteiger partial charge in [0.05, 0.1) is 0 Å². The van der Waals surface area contributed by atoms with Crippen molar-refractivity contribution >= 4 is 15.9 Å². The Hall–Kier alpha value is -0.500. The Morgan fingerprint density at radius 2 is 1.77 bits per heavy atom. The smallest absolute Gasteiger partial charge is 0.0316 e. The van der Waals surface area contributed by atoms with E-state index in [2.05, 4.69) is 55.2 Å². The summed E-state index contributed by atoms with van der Waals surface area (Å²) < 4.78 is 1.05. The predicted molar refractivity (Wildman–Crippen MR) is 63.6 cm³/mol. The molecule has 0 aromatic carbocycles. The number of nitrogens with one attached hydrogen (secondary N) is 1. The van der Waals surface area contributed by atoms with E-state index in [4.69, 9.17) is 0 Å². The van der Waals surface area contributed by atoms with E-state index in [0.717, 1.165) is 15.9 Å². The Balaban J connectivity index is 4.25. The van der Waals surface area contributed by atoms with Crippen molar-refractivity contribution in [3.05, 3.63) is 35.1 Å². The first-order chi connectivity index (χ1) is 5.73. The lowest BCUT2D eigenvalue weighted by Crippen LogP contribution is -2.21. The van der Waals surface area contributed by atoms with Crippen LogP contribution >= 0.6 is 15.9 Å². The third kappa shape index (κ3) is 5.69. The molecular formula is C11H18BrN. The minimum Gasteiger partial charge on any atom is -0.359 e. The van der Waals surface area contributed by atoms with Crippen LogP contribution in [0.4, 0.5) is 0 Å². The summed E-state index contributed by atoms with van der Waals surface area (Å²) in [5.74, 6) is 0. The van der Waals surface area contributed by atoms with E-state index in [9.17, 15) is 0 Å². The molecule has 2 heteroatoms. The van der Waals surface area contributed by atoms with E-state index >= 15 is 0 Å². The molecule has 0 aliphatic heterocycles. The van der Waals surface area contributed by atoms with E-state index in [0.29, 0.717) is 0 Å². The largest absolute Gasteiger partial charge is 0.359 e. The monoisotopic (exact) mass is 243 g/mol. The second kappa shape index (κ2) is 4.66. The molecule has 0 aliphatic carbocycles. The maximum absolute atomic E-state index is 3.96. The van der Waals surface area contributed by atoms with Crippen molar-refractivity contribution in [1.82, 2.24) is 5.32 Å². The normalized spacial score (nSPS) is 12.5. The Bertz CT molecular complexity index is 239. The minimum atomic E-state index is 0.0665. The summed E-state index contributed by atoms with van der Waals surface area (Å²) in [6.45, 7) is 16.1. The van der Waals surface area contributed by atoms with E-state index in [-0.39, 0.29) is 5.41 Å². The summed E-state index contributed by atoms with van der Waals surface area (Å²) in [6, 6.07) is 0. The van der Waals surface area contributed by atoms with Gasteiger partial charge in [-0.1, -0.05) is 49.9 Å². The maximum atomic E-state index is 3.96. The number of allylic oxidation sites excluding steroid dienone is 3. The fraction of sp³-hybridized carbons (Fsp3) is 0.455. The highest BCUT2D eigenvalue weighted by Crippen LogP contribution is 2.22. The summed E-state index contributed by atoms with van der Waals surface area (Å²) >= 11 is 3.35. The van der Waals surface area contributed by atoms with Crippen LogP contribution in [0.25, 0.3) is 0 Å². The number of hydrogen-bond acceptors (Lipinski definition) is 1. The molecule has 13 heavy (non-hydrogen) atoms. The average molecular weight is 244 g/mol. The first-order valence-corrected chi connectivity index (χ1v) is 5.02. The van der Waals surface area contributed by atoms with Crippen molar-refractivity contribution in [2.24, 2.45) is 5.41 Å². The van der Waals surface area contributed by atoms with Gasteiger partial charge in [-0.2, -0.15) is 0 Å². The molecule has 0 atom stereocenters. The molecule has 0 aliphatic rings. The lowest BCUT2D eigenvalue weighted by Gasteiger charge is -2.23. The van der Waals surface area contributed by atoms with Crippen LogP contribution in [-0.2, 0) is 0 Å². The molecule has 0 bridgehead atoms. The molecule has 0 rings (SSSR count). The van der Waals surface area contributed by atoms with E-state index in [1.807, 2.05) is 13.0 Å². The van der Waals surface area contributed by atoms with E-state index in [1.165, 1.54) is 0 Å². The topological polar surface area (TPSA) is 12.0 Å². The number of rotatable bonds is 3. The van der Waals surface area contributed by atoms with E-state index < -0.39 is 0 Å². The molecule has 0 radical (unpaired) electrons. The van der Waals surface area contributed by atoms with Crippen molar-refractivity contribution < 1.29 is 0 Å². The van der Waals surface area contributed by atoms with Crippen molar-refractivity contribution in [1.29, 1.82) is 0 Å². The second-order valence-corrected chi connectivity index (χ2v) is 5.36. The molecule has 0 aromatic rings. The maximum Gasteiger partial charge on any atom is 0.0316 e. The quantitative estimate of drug-likeness (QED) is 0.741. The zero-order valence-corrected chi connectivity index (χ0v) is 10.5. The summed E-state index contributed by atoms with van der Waals surface area (Å²) in [5, 5.41) is 3.16. The highest BCUT2D eigenvalue weighted by Gasteiger charge is 2.14. The van der Waals surface area contributed by atoms with Gasteiger partial charge < -0.3 is 5.32 Å². The van der Waals surface area contributed by atoms with Crippen LogP contribution < -0.4 is 5.32 Å². The van der Waals surface area contributed by atoms with Crippen molar-refractivity contribution in [2.45, 2.75) is 27.7 Å². The van der Waals surface area contributed by atoms with Crippen LogP contribution in [0, 0.1) is 5.41 Å². The van der Waals surface area contributed by atoms with Crippen molar-refractivity contribution in [3.8, 4) is 0 Å². The first-order valence-electron chi connectivity index (χ1n) is 4.22.